The van der Waals surface area contributed by atoms with Crippen molar-refractivity contribution in [2.75, 3.05) is 20.8 Å². The van der Waals surface area contributed by atoms with E-state index in [0.717, 1.165) is 17.7 Å². The summed E-state index contributed by atoms with van der Waals surface area (Å²) in [6.07, 6.45) is 4.75. The van der Waals surface area contributed by atoms with Crippen LogP contribution in [0.3, 0.4) is 0 Å². The normalized spacial score (nSPS) is 32.5. The topological polar surface area (TPSA) is 74.3 Å². The molecule has 0 radical (unpaired) electrons. The first-order chi connectivity index (χ1) is 12.6. The van der Waals surface area contributed by atoms with Crippen LogP contribution >= 0.6 is 0 Å². The summed E-state index contributed by atoms with van der Waals surface area (Å²) in [5.41, 5.74) is 0.0601. The summed E-state index contributed by atoms with van der Waals surface area (Å²) in [4.78, 5) is 37.0. The molecule has 0 aromatic rings. The third-order valence-corrected chi connectivity index (χ3v) is 7.17. The van der Waals surface area contributed by atoms with Gasteiger partial charge in [-0.15, -0.1) is 0 Å². The Bertz CT molecular complexity index is 653. The smallest absolute Gasteiger partial charge is 0.313 e. The second kappa shape index (κ2) is 6.95. The van der Waals surface area contributed by atoms with Gasteiger partial charge in [0.05, 0.1) is 6.42 Å². The number of hydrogen-bond acceptors (Lipinski definition) is 6. The Morgan fingerprint density at radius 1 is 1.22 bits per heavy atom. The van der Waals surface area contributed by atoms with Crippen LogP contribution in [0.25, 0.3) is 0 Å². The monoisotopic (exact) mass is 381 g/mol. The van der Waals surface area contributed by atoms with Gasteiger partial charge in [0.1, 0.15) is 5.60 Å². The highest BCUT2D eigenvalue weighted by atomic mass is 17.3. The van der Waals surface area contributed by atoms with Crippen molar-refractivity contribution in [3.05, 3.63) is 11.6 Å². The van der Waals surface area contributed by atoms with Crippen LogP contribution in [0.4, 0.5) is 0 Å². The zero-order valence-electron chi connectivity index (χ0n) is 17.2. The number of ether oxygens (including phenoxy) is 2. The summed E-state index contributed by atoms with van der Waals surface area (Å²) in [6, 6.07) is 0. The molecule has 1 aliphatic heterocycles. The van der Waals surface area contributed by atoms with Gasteiger partial charge in [0.2, 0.25) is 0 Å². The average Bonchev–Trinajstić information content (AvgIpc) is 2.88. The molecule has 3 fully saturated rings. The molecule has 4 rings (SSSR count). The van der Waals surface area contributed by atoms with Gasteiger partial charge in [-0.05, 0) is 38.0 Å². The van der Waals surface area contributed by atoms with Crippen molar-refractivity contribution in [2.24, 2.45) is 17.3 Å². The number of hydrogen-bond donors (Lipinski definition) is 0. The predicted octanol–water partition coefficient (Wildman–Crippen LogP) is 2.80. The summed E-state index contributed by atoms with van der Waals surface area (Å²) < 4.78 is 10.9. The zero-order valence-corrected chi connectivity index (χ0v) is 17.2. The summed E-state index contributed by atoms with van der Waals surface area (Å²) >= 11 is 0. The van der Waals surface area contributed by atoms with Gasteiger partial charge >= 0.3 is 5.97 Å². The lowest BCUT2D eigenvalue weighted by Gasteiger charge is -2.66. The van der Waals surface area contributed by atoms with E-state index in [0.29, 0.717) is 17.4 Å². The number of nitrogens with zero attached hydrogens (tertiary/aromatic N) is 1. The van der Waals surface area contributed by atoms with Gasteiger partial charge in [-0.3, -0.25) is 14.5 Å². The van der Waals surface area contributed by atoms with Crippen LogP contribution in [0.15, 0.2) is 11.6 Å². The van der Waals surface area contributed by atoms with Gasteiger partial charge in [0.15, 0.2) is 0 Å². The number of amides is 2. The molecule has 0 aromatic heterocycles. The number of carbonyl (C=O) groups excluding carboxylic acids is 2. The standard InChI is InChI=1S/C20H31NO6/c1-13-11-16(22)21(17(13)23)10-9-20(24-5,25-6)27-26-19-12-15(18(19,3)4)8-7-14(19)2/h11,14-15H,7-10,12H2,1-6H3. The first kappa shape index (κ1) is 20.5. The van der Waals surface area contributed by atoms with Crippen LogP contribution in [-0.4, -0.2) is 49.1 Å². The fraction of sp³-hybridized carbons (Fsp3) is 0.800. The van der Waals surface area contributed by atoms with Gasteiger partial charge in [-0.2, -0.15) is 4.89 Å². The fourth-order valence-electron chi connectivity index (χ4n) is 4.94. The minimum atomic E-state index is -1.48. The average molecular weight is 381 g/mol. The molecule has 3 atom stereocenters. The van der Waals surface area contributed by atoms with E-state index in [9.17, 15) is 9.59 Å². The Balaban J connectivity index is 1.67. The SMILES string of the molecule is COC(CCN1C(=O)C=C(C)C1=O)(OC)OOC12CC(CCC1C)C2(C)C. The second-order valence-electron chi connectivity index (χ2n) is 8.62. The lowest BCUT2D eigenvalue weighted by Crippen LogP contribution is -2.68. The van der Waals surface area contributed by atoms with Crippen molar-refractivity contribution in [3.63, 3.8) is 0 Å². The van der Waals surface area contributed by atoms with Gasteiger partial charge in [0, 0.05) is 37.8 Å². The van der Waals surface area contributed by atoms with E-state index in [4.69, 9.17) is 19.2 Å². The molecular formula is C20H31NO6. The zero-order chi connectivity index (χ0) is 20.0. The van der Waals surface area contributed by atoms with Crippen LogP contribution in [-0.2, 0) is 28.8 Å². The van der Waals surface area contributed by atoms with Crippen molar-refractivity contribution in [1.82, 2.24) is 4.90 Å². The molecule has 2 amide bonds. The number of imide groups is 1. The molecule has 1 heterocycles. The van der Waals surface area contributed by atoms with E-state index in [1.165, 1.54) is 26.7 Å². The van der Waals surface area contributed by atoms with Gasteiger partial charge in [-0.25, -0.2) is 4.89 Å². The highest BCUT2D eigenvalue weighted by molar-refractivity contribution is 6.15. The number of rotatable bonds is 8. The van der Waals surface area contributed by atoms with Crippen molar-refractivity contribution in [2.45, 2.75) is 65.0 Å². The van der Waals surface area contributed by atoms with Gasteiger partial charge in [-0.1, -0.05) is 20.8 Å². The van der Waals surface area contributed by atoms with E-state index in [-0.39, 0.29) is 35.8 Å². The number of methoxy groups -OCH3 is 2. The quantitative estimate of drug-likeness (QED) is 0.279. The number of fused-ring (bicyclic) bond motifs is 2. The van der Waals surface area contributed by atoms with Gasteiger partial charge in [0.25, 0.3) is 11.8 Å². The molecule has 0 N–H and O–H groups in total. The minimum Gasteiger partial charge on any atom is -0.329 e. The molecule has 0 saturated heterocycles. The lowest BCUT2D eigenvalue weighted by molar-refractivity contribution is -0.554. The maximum atomic E-state index is 12.1. The molecule has 3 aliphatic carbocycles. The Kier molecular flexibility index (Phi) is 5.27. The van der Waals surface area contributed by atoms with Crippen molar-refractivity contribution >= 4 is 11.8 Å². The first-order valence-corrected chi connectivity index (χ1v) is 9.64. The second-order valence-corrected chi connectivity index (χ2v) is 8.62. The maximum Gasteiger partial charge on any atom is 0.313 e. The van der Waals surface area contributed by atoms with Gasteiger partial charge < -0.3 is 9.47 Å². The van der Waals surface area contributed by atoms with Crippen LogP contribution in [0.1, 0.15) is 53.4 Å². The summed E-state index contributed by atoms with van der Waals surface area (Å²) in [5.74, 6) is -1.13. The summed E-state index contributed by atoms with van der Waals surface area (Å²) in [7, 11) is 2.92. The van der Waals surface area contributed by atoms with E-state index >= 15 is 0 Å². The van der Waals surface area contributed by atoms with Crippen LogP contribution in [0.2, 0.25) is 0 Å². The van der Waals surface area contributed by atoms with E-state index in [2.05, 4.69) is 20.8 Å². The largest absolute Gasteiger partial charge is 0.329 e. The van der Waals surface area contributed by atoms with E-state index in [1.54, 1.807) is 6.92 Å². The molecule has 3 saturated carbocycles. The molecule has 3 unspecified atom stereocenters. The Morgan fingerprint density at radius 3 is 2.37 bits per heavy atom. The summed E-state index contributed by atoms with van der Waals surface area (Å²) in [5, 5.41) is 0. The Hall–Kier alpha value is -1.28. The third-order valence-electron chi connectivity index (χ3n) is 7.17. The Morgan fingerprint density at radius 2 is 1.89 bits per heavy atom. The molecule has 7 heteroatoms. The third kappa shape index (κ3) is 3.05. The molecule has 152 valence electrons. The number of carbonyl (C=O) groups is 2. The predicted molar refractivity (Wildman–Crippen MR) is 97.0 cm³/mol. The maximum absolute atomic E-state index is 12.1. The molecule has 4 aliphatic rings. The minimum absolute atomic E-state index is 0.0137. The molecule has 27 heavy (non-hydrogen) atoms. The first-order valence-electron chi connectivity index (χ1n) is 9.64. The van der Waals surface area contributed by atoms with E-state index in [1.807, 2.05) is 0 Å². The molecular weight excluding hydrogens is 350 g/mol. The highest BCUT2D eigenvalue weighted by Gasteiger charge is 2.67. The lowest BCUT2D eigenvalue weighted by atomic mass is 9.43. The molecule has 0 spiro atoms. The van der Waals surface area contributed by atoms with Crippen molar-refractivity contribution in [3.8, 4) is 0 Å². The highest BCUT2D eigenvalue weighted by Crippen LogP contribution is 2.66. The Labute approximate surface area is 160 Å². The van der Waals surface area contributed by atoms with Crippen molar-refractivity contribution < 1.29 is 28.8 Å². The molecule has 2 bridgehead atoms. The van der Waals surface area contributed by atoms with Crippen LogP contribution in [0, 0.1) is 17.3 Å². The molecule has 0 aromatic carbocycles. The van der Waals surface area contributed by atoms with Crippen LogP contribution in [0.5, 0.6) is 0 Å². The van der Waals surface area contributed by atoms with Crippen LogP contribution < -0.4 is 0 Å². The molecule has 7 nitrogen and oxygen atoms in total. The fourth-order valence-corrected chi connectivity index (χ4v) is 4.94. The van der Waals surface area contributed by atoms with Crippen molar-refractivity contribution in [1.29, 1.82) is 0 Å². The van der Waals surface area contributed by atoms with E-state index < -0.39 is 5.97 Å². The summed E-state index contributed by atoms with van der Waals surface area (Å²) in [6.45, 7) is 8.37.